The Balaban J connectivity index is 3.03. The molecule has 0 bridgehead atoms. The molecule has 0 aromatic carbocycles. The molecule has 0 saturated heterocycles. The summed E-state index contributed by atoms with van der Waals surface area (Å²) in [5.74, 6) is -3.03. The fourth-order valence-corrected chi connectivity index (χ4v) is 1.54. The summed E-state index contributed by atoms with van der Waals surface area (Å²) in [7, 11) is 6.12. The summed E-state index contributed by atoms with van der Waals surface area (Å²) in [6.45, 7) is -0.275. The number of rotatable bonds is 3. The number of ether oxygens (including phenoxy) is 1. The van der Waals surface area contributed by atoms with E-state index in [0.717, 1.165) is 0 Å². The molecule has 0 fully saturated rings. The number of aliphatic imine (C=N–C) groups is 1. The van der Waals surface area contributed by atoms with Crippen molar-refractivity contribution in [1.29, 1.82) is 0 Å². The van der Waals surface area contributed by atoms with Gasteiger partial charge in [-0.05, 0) is 0 Å². The van der Waals surface area contributed by atoms with Crippen molar-refractivity contribution >= 4 is 23.6 Å². The smallest absolute Gasteiger partial charge is 0.269 e. The minimum Gasteiger partial charge on any atom is -0.377 e. The minimum absolute atomic E-state index is 0.224. The van der Waals surface area contributed by atoms with Crippen LogP contribution < -0.4 is 0 Å². The lowest BCUT2D eigenvalue weighted by Crippen LogP contribution is -2.52. The zero-order valence-electron chi connectivity index (χ0n) is 10.3. The lowest BCUT2D eigenvalue weighted by Gasteiger charge is -2.30. The van der Waals surface area contributed by atoms with Gasteiger partial charge in [0, 0.05) is 28.3 Å². The van der Waals surface area contributed by atoms with Crippen LogP contribution in [0.15, 0.2) is 4.99 Å². The van der Waals surface area contributed by atoms with Crippen molar-refractivity contribution in [2.24, 2.45) is 10.9 Å². The molecule has 1 aliphatic rings. The second-order valence-corrected chi connectivity index (χ2v) is 3.87. The third kappa shape index (κ3) is 2.50. The molecule has 0 spiro atoms. The summed E-state index contributed by atoms with van der Waals surface area (Å²) in [5, 5.41) is 0. The topological polar surface area (TPSA) is 79.3 Å². The number of hydrogen-bond acceptors (Lipinski definition) is 5. The van der Waals surface area contributed by atoms with Crippen molar-refractivity contribution in [3.05, 3.63) is 0 Å². The van der Waals surface area contributed by atoms with Gasteiger partial charge in [-0.2, -0.15) is 4.99 Å². The SMILES string of the molecule is COCC(=O)C1C(=O)N=C(N(C)C)N(C)C1=O. The lowest BCUT2D eigenvalue weighted by atomic mass is 10.0. The summed E-state index contributed by atoms with van der Waals surface area (Å²) in [5.41, 5.74) is 0. The normalized spacial score (nSPS) is 20.4. The van der Waals surface area contributed by atoms with Crippen molar-refractivity contribution in [3.63, 3.8) is 0 Å². The van der Waals surface area contributed by atoms with Crippen molar-refractivity contribution in [1.82, 2.24) is 9.80 Å². The first kappa shape index (κ1) is 13.3. The van der Waals surface area contributed by atoms with Gasteiger partial charge in [0.1, 0.15) is 6.61 Å². The Hall–Kier alpha value is -1.76. The van der Waals surface area contributed by atoms with E-state index in [-0.39, 0.29) is 12.6 Å². The highest BCUT2D eigenvalue weighted by Crippen LogP contribution is 2.14. The van der Waals surface area contributed by atoms with Crippen LogP contribution in [0.3, 0.4) is 0 Å². The zero-order valence-corrected chi connectivity index (χ0v) is 10.3. The van der Waals surface area contributed by atoms with Crippen LogP contribution in [0.1, 0.15) is 0 Å². The average molecular weight is 241 g/mol. The first-order chi connectivity index (χ1) is 7.90. The molecule has 0 aliphatic carbocycles. The van der Waals surface area contributed by atoms with Gasteiger partial charge < -0.3 is 9.64 Å². The fraction of sp³-hybridized carbons (Fsp3) is 0.600. The molecule has 1 unspecified atom stereocenters. The second kappa shape index (κ2) is 5.05. The number of methoxy groups -OCH3 is 1. The number of ketones is 1. The third-order valence-electron chi connectivity index (χ3n) is 2.34. The molecular formula is C10H15N3O4. The van der Waals surface area contributed by atoms with Gasteiger partial charge in [0.25, 0.3) is 5.91 Å². The molecule has 1 aliphatic heterocycles. The van der Waals surface area contributed by atoms with E-state index in [4.69, 9.17) is 0 Å². The maximum atomic E-state index is 11.9. The zero-order chi connectivity index (χ0) is 13.2. The quantitative estimate of drug-likeness (QED) is 0.576. The Bertz CT molecular complexity index is 389. The Morgan fingerprint density at radius 3 is 2.53 bits per heavy atom. The largest absolute Gasteiger partial charge is 0.377 e. The standard InChI is InChI=1S/C10H15N3O4/c1-12(2)10-11-8(15)7(6(14)5-17-4)9(16)13(10)3/h7H,5H2,1-4H3. The van der Waals surface area contributed by atoms with Crippen LogP contribution in [0.2, 0.25) is 0 Å². The molecule has 1 rings (SSSR count). The Labute approximate surface area is 99.0 Å². The van der Waals surface area contributed by atoms with Gasteiger partial charge >= 0.3 is 0 Å². The van der Waals surface area contributed by atoms with Crippen molar-refractivity contribution < 1.29 is 19.1 Å². The molecule has 1 atom stereocenters. The van der Waals surface area contributed by atoms with Gasteiger partial charge in [0.05, 0.1) is 0 Å². The monoisotopic (exact) mass is 241 g/mol. The Kier molecular flexibility index (Phi) is 3.95. The number of guanidine groups is 1. The maximum Gasteiger partial charge on any atom is 0.269 e. The van der Waals surface area contributed by atoms with Crippen LogP contribution in [0.4, 0.5) is 0 Å². The van der Waals surface area contributed by atoms with Gasteiger partial charge in [-0.25, -0.2) is 0 Å². The third-order valence-corrected chi connectivity index (χ3v) is 2.34. The number of amides is 2. The summed E-state index contributed by atoms with van der Waals surface area (Å²) in [4.78, 5) is 41.6. The van der Waals surface area contributed by atoms with E-state index in [9.17, 15) is 14.4 Å². The molecule has 1 heterocycles. The number of Topliss-reactive ketones (excluding diaryl/α,β-unsaturated/α-hetero) is 1. The van der Waals surface area contributed by atoms with E-state index in [2.05, 4.69) is 9.73 Å². The summed E-state index contributed by atoms with van der Waals surface area (Å²) >= 11 is 0. The highest BCUT2D eigenvalue weighted by atomic mass is 16.5. The predicted molar refractivity (Wildman–Crippen MR) is 59.3 cm³/mol. The maximum absolute atomic E-state index is 11.9. The molecule has 0 saturated carbocycles. The number of hydrogen-bond donors (Lipinski definition) is 0. The van der Waals surface area contributed by atoms with Gasteiger partial charge in [-0.3, -0.25) is 19.3 Å². The van der Waals surface area contributed by atoms with Crippen LogP contribution in [0.25, 0.3) is 0 Å². The van der Waals surface area contributed by atoms with Crippen LogP contribution >= 0.6 is 0 Å². The molecule has 17 heavy (non-hydrogen) atoms. The summed E-state index contributed by atoms with van der Waals surface area (Å²) in [6.07, 6.45) is 0. The van der Waals surface area contributed by atoms with Crippen molar-refractivity contribution in [2.45, 2.75) is 0 Å². The van der Waals surface area contributed by atoms with E-state index >= 15 is 0 Å². The van der Waals surface area contributed by atoms with Gasteiger partial charge in [-0.15, -0.1) is 0 Å². The molecule has 7 heteroatoms. The first-order valence-electron chi connectivity index (χ1n) is 4.99. The second-order valence-electron chi connectivity index (χ2n) is 3.87. The van der Waals surface area contributed by atoms with E-state index < -0.39 is 23.5 Å². The lowest BCUT2D eigenvalue weighted by molar-refractivity contribution is -0.146. The Morgan fingerprint density at radius 1 is 1.47 bits per heavy atom. The number of carbonyl (C=O) groups excluding carboxylic acids is 3. The fourth-order valence-electron chi connectivity index (χ4n) is 1.54. The number of carbonyl (C=O) groups is 3. The summed E-state index contributed by atoms with van der Waals surface area (Å²) in [6, 6.07) is 0. The van der Waals surface area contributed by atoms with Crippen LogP contribution in [-0.4, -0.2) is 68.2 Å². The van der Waals surface area contributed by atoms with Gasteiger partial charge in [-0.1, -0.05) is 0 Å². The molecule has 7 nitrogen and oxygen atoms in total. The number of nitrogens with zero attached hydrogens (tertiary/aromatic N) is 3. The highest BCUT2D eigenvalue weighted by Gasteiger charge is 2.41. The predicted octanol–water partition coefficient (Wildman–Crippen LogP) is -1.27. The van der Waals surface area contributed by atoms with Crippen molar-refractivity contribution in [3.8, 4) is 0 Å². The molecule has 2 amide bonds. The first-order valence-corrected chi connectivity index (χ1v) is 4.99. The molecule has 0 aromatic rings. The molecule has 0 aromatic heterocycles. The van der Waals surface area contributed by atoms with E-state index in [1.54, 1.807) is 14.1 Å². The van der Waals surface area contributed by atoms with E-state index in [1.807, 2.05) is 0 Å². The summed E-state index contributed by atoms with van der Waals surface area (Å²) < 4.78 is 4.63. The highest BCUT2D eigenvalue weighted by molar-refractivity contribution is 6.25. The van der Waals surface area contributed by atoms with Crippen LogP contribution in [-0.2, 0) is 19.1 Å². The van der Waals surface area contributed by atoms with Gasteiger partial charge in [0.2, 0.25) is 11.9 Å². The minimum atomic E-state index is -1.37. The molecular weight excluding hydrogens is 226 g/mol. The molecule has 94 valence electrons. The van der Waals surface area contributed by atoms with E-state index in [1.165, 1.54) is 24.0 Å². The molecule has 0 radical (unpaired) electrons. The van der Waals surface area contributed by atoms with Gasteiger partial charge in [0.15, 0.2) is 11.7 Å². The average Bonchev–Trinajstić information content (AvgIpc) is 2.23. The van der Waals surface area contributed by atoms with E-state index in [0.29, 0.717) is 0 Å². The molecule has 0 N–H and O–H groups in total. The Morgan fingerprint density at radius 2 is 2.06 bits per heavy atom. The van der Waals surface area contributed by atoms with Crippen LogP contribution in [0, 0.1) is 5.92 Å². The van der Waals surface area contributed by atoms with Crippen molar-refractivity contribution in [2.75, 3.05) is 34.9 Å². The van der Waals surface area contributed by atoms with Crippen LogP contribution in [0.5, 0.6) is 0 Å².